The summed E-state index contributed by atoms with van der Waals surface area (Å²) in [6, 6.07) is 17.0. The number of carbonyl (C=O) groups is 3. The second kappa shape index (κ2) is 10.8. The summed E-state index contributed by atoms with van der Waals surface area (Å²) in [6.45, 7) is 5.64. The summed E-state index contributed by atoms with van der Waals surface area (Å²) >= 11 is 1.02. The maximum absolute atomic E-state index is 11.8. The largest absolute Gasteiger partial charge is 0.486 e. The molecule has 5 rings (SSSR count). The smallest absolute Gasteiger partial charge is 0.286 e. The summed E-state index contributed by atoms with van der Waals surface area (Å²) in [5, 5.41) is 4.49. The van der Waals surface area contributed by atoms with Crippen LogP contribution in [0.2, 0.25) is 0 Å². The average Bonchev–Trinajstić information content (AvgIpc) is 3.37. The molecule has 0 radical (unpaired) electrons. The van der Waals surface area contributed by atoms with Gasteiger partial charge in [0.1, 0.15) is 29.7 Å². The number of carbonyl (C=O) groups excluding carboxylic acids is 3. The van der Waals surface area contributed by atoms with Crippen LogP contribution in [-0.2, 0) is 29.7 Å². The highest BCUT2D eigenvalue weighted by Crippen LogP contribution is 2.31. The van der Waals surface area contributed by atoms with Crippen LogP contribution in [0.5, 0.6) is 17.2 Å². The highest BCUT2D eigenvalue weighted by molar-refractivity contribution is 8.15. The van der Waals surface area contributed by atoms with Crippen molar-refractivity contribution < 1.29 is 23.9 Å². The third-order valence-electron chi connectivity index (χ3n) is 6.47. The van der Waals surface area contributed by atoms with E-state index < -0.39 is 5.25 Å². The molecule has 1 aromatic heterocycles. The number of nitrogens with one attached hydrogen (secondary N) is 2. The molecule has 3 amide bonds. The van der Waals surface area contributed by atoms with Crippen LogP contribution >= 0.6 is 11.8 Å². The molecule has 1 fully saturated rings. The standard InChI is InChI=1S/C29H28N4O5S/c1-16-11-22(12-17(2)27(16)30-18(3)34)38-21-9-10-23-24(14-21)33(4)26(31-23)15-37-20-7-5-19(6-8-20)13-25-28(35)32-29(36)39-25/h5-12,14,25H,13,15H2,1-4H3,(H,30,34)(H,32,35,36). The lowest BCUT2D eigenvalue weighted by Crippen LogP contribution is -2.25. The van der Waals surface area contributed by atoms with E-state index in [1.165, 1.54) is 6.92 Å². The van der Waals surface area contributed by atoms with E-state index in [0.29, 0.717) is 23.7 Å². The summed E-state index contributed by atoms with van der Waals surface area (Å²) in [7, 11) is 1.93. The molecule has 1 aliphatic rings. The Kier molecular flexibility index (Phi) is 7.30. The highest BCUT2D eigenvalue weighted by Gasteiger charge is 2.31. The Morgan fingerprint density at radius 2 is 1.72 bits per heavy atom. The molecule has 1 aliphatic heterocycles. The molecule has 1 unspecified atom stereocenters. The molecule has 10 heteroatoms. The number of imide groups is 1. The molecule has 0 aliphatic carbocycles. The van der Waals surface area contributed by atoms with Crippen LogP contribution in [-0.4, -0.2) is 31.9 Å². The number of ether oxygens (including phenoxy) is 2. The zero-order valence-corrected chi connectivity index (χ0v) is 22.8. The second-order valence-electron chi connectivity index (χ2n) is 9.47. The van der Waals surface area contributed by atoms with Gasteiger partial charge < -0.3 is 19.4 Å². The number of hydrogen-bond donors (Lipinski definition) is 2. The van der Waals surface area contributed by atoms with Gasteiger partial charge in [0.25, 0.3) is 5.24 Å². The van der Waals surface area contributed by atoms with Crippen LogP contribution < -0.4 is 20.1 Å². The van der Waals surface area contributed by atoms with E-state index in [9.17, 15) is 14.4 Å². The summed E-state index contributed by atoms with van der Waals surface area (Å²) in [5.41, 5.74) is 5.34. The number of rotatable bonds is 8. The van der Waals surface area contributed by atoms with Crippen LogP contribution in [0.1, 0.15) is 29.4 Å². The number of fused-ring (bicyclic) bond motifs is 1. The van der Waals surface area contributed by atoms with Gasteiger partial charge in [-0.2, -0.15) is 0 Å². The van der Waals surface area contributed by atoms with Gasteiger partial charge in [0, 0.05) is 25.7 Å². The van der Waals surface area contributed by atoms with Crippen LogP contribution in [0.3, 0.4) is 0 Å². The van der Waals surface area contributed by atoms with Crippen molar-refractivity contribution in [2.75, 3.05) is 5.32 Å². The Balaban J connectivity index is 1.25. The van der Waals surface area contributed by atoms with Crippen molar-refractivity contribution in [3.8, 4) is 17.2 Å². The zero-order valence-electron chi connectivity index (χ0n) is 22.0. The summed E-state index contributed by atoms with van der Waals surface area (Å²) in [6.07, 6.45) is 0.482. The molecule has 4 aromatic rings. The van der Waals surface area contributed by atoms with Crippen molar-refractivity contribution in [2.45, 2.75) is 39.0 Å². The van der Waals surface area contributed by atoms with E-state index in [0.717, 1.165) is 51.0 Å². The first-order chi connectivity index (χ1) is 18.7. The van der Waals surface area contributed by atoms with Crippen molar-refractivity contribution in [3.05, 3.63) is 77.1 Å². The monoisotopic (exact) mass is 544 g/mol. The lowest BCUT2D eigenvalue weighted by molar-refractivity contribution is -0.119. The van der Waals surface area contributed by atoms with Crippen molar-refractivity contribution in [1.29, 1.82) is 0 Å². The van der Waals surface area contributed by atoms with Gasteiger partial charge in [0.2, 0.25) is 11.8 Å². The van der Waals surface area contributed by atoms with E-state index >= 15 is 0 Å². The van der Waals surface area contributed by atoms with Crippen molar-refractivity contribution in [3.63, 3.8) is 0 Å². The first kappa shape index (κ1) is 26.3. The van der Waals surface area contributed by atoms with Crippen molar-refractivity contribution in [2.24, 2.45) is 7.05 Å². The van der Waals surface area contributed by atoms with Gasteiger partial charge in [0.15, 0.2) is 0 Å². The minimum absolute atomic E-state index is 0.110. The predicted molar refractivity (Wildman–Crippen MR) is 150 cm³/mol. The van der Waals surface area contributed by atoms with E-state index in [4.69, 9.17) is 14.5 Å². The maximum atomic E-state index is 11.8. The Bertz CT molecular complexity index is 1570. The Morgan fingerprint density at radius 1 is 1.03 bits per heavy atom. The van der Waals surface area contributed by atoms with Crippen LogP contribution in [0.15, 0.2) is 54.6 Å². The SMILES string of the molecule is CC(=O)Nc1c(C)cc(Oc2ccc3nc(COc4ccc(CC5SC(=O)NC5=O)cc4)n(C)c3c2)cc1C. The number of anilines is 1. The molecule has 9 nitrogen and oxygen atoms in total. The number of benzene rings is 3. The summed E-state index contributed by atoms with van der Waals surface area (Å²) in [5.74, 6) is 2.45. The van der Waals surface area contributed by atoms with Crippen LogP contribution in [0.4, 0.5) is 10.5 Å². The maximum Gasteiger partial charge on any atom is 0.286 e. The third kappa shape index (κ3) is 5.91. The number of thioether (sulfide) groups is 1. The molecule has 39 heavy (non-hydrogen) atoms. The van der Waals surface area contributed by atoms with E-state index in [1.54, 1.807) is 0 Å². The molecular formula is C29H28N4O5S. The predicted octanol–water partition coefficient (Wildman–Crippen LogP) is 5.41. The molecule has 0 bridgehead atoms. The first-order valence-corrected chi connectivity index (χ1v) is 13.3. The number of amides is 3. The normalized spacial score (nSPS) is 14.9. The molecule has 3 aromatic carbocycles. The van der Waals surface area contributed by atoms with E-state index in [-0.39, 0.29) is 23.7 Å². The lowest BCUT2D eigenvalue weighted by Gasteiger charge is -2.13. The van der Waals surface area contributed by atoms with Crippen LogP contribution in [0, 0.1) is 13.8 Å². The van der Waals surface area contributed by atoms with Gasteiger partial charge in [-0.25, -0.2) is 4.98 Å². The quantitative estimate of drug-likeness (QED) is 0.305. The number of hydrogen-bond acceptors (Lipinski definition) is 7. The average molecular weight is 545 g/mol. The topological polar surface area (TPSA) is 112 Å². The Morgan fingerprint density at radius 3 is 2.36 bits per heavy atom. The lowest BCUT2D eigenvalue weighted by atomic mass is 10.1. The summed E-state index contributed by atoms with van der Waals surface area (Å²) < 4.78 is 14.1. The fourth-order valence-corrected chi connectivity index (χ4v) is 5.38. The highest BCUT2D eigenvalue weighted by atomic mass is 32.2. The minimum Gasteiger partial charge on any atom is -0.486 e. The van der Waals surface area contributed by atoms with Gasteiger partial charge in [-0.3, -0.25) is 19.7 Å². The van der Waals surface area contributed by atoms with Crippen LogP contribution in [0.25, 0.3) is 11.0 Å². The van der Waals surface area contributed by atoms with E-state index in [1.807, 2.05) is 80.1 Å². The molecule has 1 atom stereocenters. The first-order valence-electron chi connectivity index (χ1n) is 12.4. The number of aromatic nitrogens is 2. The molecule has 1 saturated heterocycles. The molecule has 2 heterocycles. The van der Waals surface area contributed by atoms with Gasteiger partial charge >= 0.3 is 0 Å². The summed E-state index contributed by atoms with van der Waals surface area (Å²) in [4.78, 5) is 39.4. The zero-order chi connectivity index (χ0) is 27.7. The number of aryl methyl sites for hydroxylation is 3. The minimum atomic E-state index is -0.394. The van der Waals surface area contributed by atoms with Gasteiger partial charge in [0.05, 0.1) is 16.3 Å². The molecule has 0 spiro atoms. The number of imidazole rings is 1. The van der Waals surface area contributed by atoms with Crippen molar-refractivity contribution in [1.82, 2.24) is 14.9 Å². The van der Waals surface area contributed by atoms with Gasteiger partial charge in [-0.1, -0.05) is 23.9 Å². The van der Waals surface area contributed by atoms with Gasteiger partial charge in [-0.05, 0) is 73.4 Å². The number of nitrogens with zero attached hydrogens (tertiary/aromatic N) is 2. The Hall–Kier alpha value is -4.31. The Labute approximate surface area is 229 Å². The fourth-order valence-electron chi connectivity index (χ4n) is 4.52. The van der Waals surface area contributed by atoms with E-state index in [2.05, 4.69) is 10.6 Å². The molecular weight excluding hydrogens is 516 g/mol. The third-order valence-corrected chi connectivity index (χ3v) is 7.45. The molecule has 0 saturated carbocycles. The van der Waals surface area contributed by atoms with Gasteiger partial charge in [-0.15, -0.1) is 0 Å². The molecule has 200 valence electrons. The second-order valence-corrected chi connectivity index (χ2v) is 10.6. The molecule has 2 N–H and O–H groups in total. The van der Waals surface area contributed by atoms with Crippen molar-refractivity contribution >= 4 is 45.5 Å². The fraction of sp³-hybridized carbons (Fsp3) is 0.241.